The Bertz CT molecular complexity index is 227. The number of hydrogen-bond acceptors (Lipinski definition) is 2. The van der Waals surface area contributed by atoms with Crippen LogP contribution >= 0.6 is 0 Å². The first-order valence-electron chi connectivity index (χ1n) is 4.14. The molecule has 0 rings (SSSR count). The fraction of sp³-hybridized carbons (Fsp3) is 1.00. The number of aliphatic hydroxyl groups excluding tert-OH is 1. The molecular weight excluding hydrogens is 247 g/mol. The van der Waals surface area contributed by atoms with Crippen molar-refractivity contribution < 1.29 is 35.8 Å². The molecular formula is C7H10F7NO. The minimum Gasteiger partial charge on any atom is -0.395 e. The fourth-order valence-electron chi connectivity index (χ4n) is 0.822. The molecule has 0 aliphatic rings. The first-order chi connectivity index (χ1) is 6.95. The van der Waals surface area contributed by atoms with Gasteiger partial charge in [-0.15, -0.1) is 0 Å². The van der Waals surface area contributed by atoms with E-state index in [0.29, 0.717) is 0 Å². The second kappa shape index (κ2) is 4.74. The molecule has 98 valence electrons. The molecule has 0 aromatic carbocycles. The van der Waals surface area contributed by atoms with Gasteiger partial charge in [-0.05, 0) is 6.42 Å². The summed E-state index contributed by atoms with van der Waals surface area (Å²) in [4.78, 5) is 0. The van der Waals surface area contributed by atoms with Gasteiger partial charge in [-0.25, -0.2) is 0 Å². The van der Waals surface area contributed by atoms with Crippen molar-refractivity contribution in [3.05, 3.63) is 0 Å². The van der Waals surface area contributed by atoms with Crippen LogP contribution in [0.4, 0.5) is 30.7 Å². The van der Waals surface area contributed by atoms with Crippen LogP contribution in [0.5, 0.6) is 0 Å². The molecule has 2 nitrogen and oxygen atoms in total. The van der Waals surface area contributed by atoms with E-state index < -0.39 is 43.5 Å². The van der Waals surface area contributed by atoms with Crippen LogP contribution in [0.15, 0.2) is 0 Å². The summed E-state index contributed by atoms with van der Waals surface area (Å²) in [7, 11) is 0. The minimum absolute atomic E-state index is 0.770. The van der Waals surface area contributed by atoms with Crippen LogP contribution < -0.4 is 5.73 Å². The van der Waals surface area contributed by atoms with E-state index in [1.807, 2.05) is 0 Å². The smallest absolute Gasteiger partial charge is 0.395 e. The van der Waals surface area contributed by atoms with Crippen molar-refractivity contribution in [1.29, 1.82) is 0 Å². The molecule has 1 atom stereocenters. The highest BCUT2D eigenvalue weighted by Gasteiger charge is 2.72. The molecule has 0 saturated heterocycles. The van der Waals surface area contributed by atoms with Crippen LogP contribution in [0.2, 0.25) is 0 Å². The summed E-state index contributed by atoms with van der Waals surface area (Å²) in [5.74, 6) is -11.3. The predicted octanol–water partition coefficient (Wildman–Crippen LogP) is 1.92. The lowest BCUT2D eigenvalue weighted by Crippen LogP contribution is -2.52. The summed E-state index contributed by atoms with van der Waals surface area (Å²) >= 11 is 0. The topological polar surface area (TPSA) is 46.2 Å². The molecule has 0 bridgehead atoms. The predicted molar refractivity (Wildman–Crippen MR) is 40.2 cm³/mol. The Labute approximate surface area is 86.2 Å². The Balaban J connectivity index is 4.65. The van der Waals surface area contributed by atoms with Crippen molar-refractivity contribution in [2.75, 3.05) is 6.61 Å². The van der Waals surface area contributed by atoms with Gasteiger partial charge in [-0.3, -0.25) is 0 Å². The lowest BCUT2D eigenvalue weighted by molar-refractivity contribution is -0.355. The zero-order valence-corrected chi connectivity index (χ0v) is 7.87. The lowest BCUT2D eigenvalue weighted by atomic mass is 10.0. The van der Waals surface area contributed by atoms with Gasteiger partial charge < -0.3 is 10.8 Å². The number of alkyl halides is 7. The Morgan fingerprint density at radius 1 is 1.00 bits per heavy atom. The van der Waals surface area contributed by atoms with Gasteiger partial charge in [0.1, 0.15) is 0 Å². The molecule has 16 heavy (non-hydrogen) atoms. The summed E-state index contributed by atoms with van der Waals surface area (Å²) in [6, 6.07) is -1.25. The maximum absolute atomic E-state index is 12.6. The highest BCUT2D eigenvalue weighted by molar-refractivity contribution is 4.91. The van der Waals surface area contributed by atoms with Gasteiger partial charge in [-0.1, -0.05) is 0 Å². The molecule has 0 aliphatic carbocycles. The maximum atomic E-state index is 12.6. The van der Waals surface area contributed by atoms with Crippen LogP contribution in [0, 0.1) is 0 Å². The molecule has 3 N–H and O–H groups in total. The zero-order valence-electron chi connectivity index (χ0n) is 7.87. The van der Waals surface area contributed by atoms with Crippen molar-refractivity contribution in [2.24, 2.45) is 5.73 Å². The summed E-state index contributed by atoms with van der Waals surface area (Å²) < 4.78 is 84.6. The van der Waals surface area contributed by atoms with Crippen LogP contribution in [0.3, 0.4) is 0 Å². The number of hydrogen-bond donors (Lipinski definition) is 2. The van der Waals surface area contributed by atoms with Gasteiger partial charge in [0.25, 0.3) is 0 Å². The molecule has 0 spiro atoms. The molecule has 0 aromatic rings. The second-order valence-corrected chi connectivity index (χ2v) is 3.26. The van der Waals surface area contributed by atoms with Crippen LogP contribution in [0.1, 0.15) is 12.8 Å². The van der Waals surface area contributed by atoms with Gasteiger partial charge in [0, 0.05) is 12.5 Å². The van der Waals surface area contributed by atoms with Gasteiger partial charge in [-0.2, -0.15) is 30.7 Å². The normalized spacial score (nSPS) is 16.3. The third kappa shape index (κ3) is 3.21. The summed E-state index contributed by atoms with van der Waals surface area (Å²) in [6.45, 7) is -0.770. The highest BCUT2D eigenvalue weighted by Crippen LogP contribution is 2.48. The first-order valence-corrected chi connectivity index (χ1v) is 4.14. The quantitative estimate of drug-likeness (QED) is 0.739. The average Bonchev–Trinajstić information content (AvgIpc) is 2.12. The average molecular weight is 257 g/mol. The largest absolute Gasteiger partial charge is 0.459 e. The molecule has 0 aromatic heterocycles. The summed E-state index contributed by atoms with van der Waals surface area (Å²) in [5.41, 5.74) is 4.92. The van der Waals surface area contributed by atoms with E-state index in [9.17, 15) is 30.7 Å². The summed E-state index contributed by atoms with van der Waals surface area (Å²) in [6.07, 6.45) is -8.91. The minimum atomic E-state index is -6.32. The number of rotatable bonds is 5. The van der Waals surface area contributed by atoms with Crippen molar-refractivity contribution in [3.63, 3.8) is 0 Å². The van der Waals surface area contributed by atoms with Gasteiger partial charge in [0.05, 0.1) is 6.61 Å². The number of halogens is 7. The number of nitrogens with two attached hydrogens (primary N) is 1. The van der Waals surface area contributed by atoms with E-state index in [1.54, 1.807) is 0 Å². The zero-order chi connectivity index (χ0) is 13.2. The lowest BCUT2D eigenvalue weighted by Gasteiger charge is -2.28. The Morgan fingerprint density at radius 2 is 1.44 bits per heavy atom. The van der Waals surface area contributed by atoms with Gasteiger partial charge >= 0.3 is 18.0 Å². The van der Waals surface area contributed by atoms with Crippen LogP contribution in [-0.2, 0) is 0 Å². The third-order valence-electron chi connectivity index (χ3n) is 1.88. The van der Waals surface area contributed by atoms with Crippen molar-refractivity contribution in [2.45, 2.75) is 36.9 Å². The number of aliphatic hydroxyl groups is 1. The van der Waals surface area contributed by atoms with Crippen molar-refractivity contribution >= 4 is 0 Å². The van der Waals surface area contributed by atoms with E-state index in [2.05, 4.69) is 0 Å². The fourth-order valence-corrected chi connectivity index (χ4v) is 0.822. The van der Waals surface area contributed by atoms with Crippen molar-refractivity contribution in [1.82, 2.24) is 0 Å². The van der Waals surface area contributed by atoms with Crippen LogP contribution in [-0.4, -0.2) is 35.8 Å². The Hall–Kier alpha value is -0.570. The monoisotopic (exact) mass is 257 g/mol. The third-order valence-corrected chi connectivity index (χ3v) is 1.88. The SMILES string of the molecule is NC(CO)CCC(F)(F)C(F)(F)C(F)(F)F. The first kappa shape index (κ1) is 15.4. The Morgan fingerprint density at radius 3 is 1.75 bits per heavy atom. The molecule has 1 unspecified atom stereocenters. The summed E-state index contributed by atoms with van der Waals surface area (Å²) in [5, 5.41) is 8.31. The molecule has 9 heteroatoms. The standard InChI is InChI=1S/C7H10F7NO/c8-5(9,2-1-4(15)3-16)6(10,11)7(12,13)14/h4,16H,1-3,15H2. The van der Waals surface area contributed by atoms with Crippen LogP contribution in [0.25, 0.3) is 0 Å². The molecule has 0 amide bonds. The maximum Gasteiger partial charge on any atom is 0.459 e. The second-order valence-electron chi connectivity index (χ2n) is 3.26. The van der Waals surface area contributed by atoms with E-state index in [-0.39, 0.29) is 0 Å². The highest BCUT2D eigenvalue weighted by atomic mass is 19.4. The van der Waals surface area contributed by atoms with E-state index in [1.165, 1.54) is 0 Å². The molecule has 0 radical (unpaired) electrons. The van der Waals surface area contributed by atoms with E-state index in [0.717, 1.165) is 0 Å². The van der Waals surface area contributed by atoms with E-state index >= 15 is 0 Å². The molecule has 0 heterocycles. The Kier molecular flexibility index (Phi) is 4.57. The van der Waals surface area contributed by atoms with Crippen molar-refractivity contribution in [3.8, 4) is 0 Å². The van der Waals surface area contributed by atoms with Gasteiger partial charge in [0.2, 0.25) is 0 Å². The van der Waals surface area contributed by atoms with E-state index in [4.69, 9.17) is 10.8 Å². The molecule has 0 fully saturated rings. The molecule has 0 saturated carbocycles. The van der Waals surface area contributed by atoms with Gasteiger partial charge in [0.15, 0.2) is 0 Å². The molecule has 0 aliphatic heterocycles.